The molecule has 63 heavy (non-hydrogen) atoms. The van der Waals surface area contributed by atoms with Crippen LogP contribution in [0.4, 0.5) is 0 Å². The highest BCUT2D eigenvalue weighted by molar-refractivity contribution is 6.05. The Morgan fingerprint density at radius 3 is 1.29 bits per heavy atom. The molecule has 296 valence electrons. The summed E-state index contributed by atoms with van der Waals surface area (Å²) in [6.07, 6.45) is 0. The van der Waals surface area contributed by atoms with Gasteiger partial charge in [-0.05, 0) is 68.8 Å². The van der Waals surface area contributed by atoms with E-state index in [1.807, 2.05) is 36.4 Å². The van der Waals surface area contributed by atoms with Crippen molar-refractivity contribution in [1.29, 1.82) is 0 Å². The molecule has 12 rings (SSSR count). The molecule has 0 amide bonds. The van der Waals surface area contributed by atoms with Gasteiger partial charge in [0.25, 0.3) is 0 Å². The number of fused-ring (bicyclic) bond motifs is 6. The van der Waals surface area contributed by atoms with Crippen LogP contribution in [0.5, 0.6) is 0 Å². The quantitative estimate of drug-likeness (QED) is 0.161. The zero-order valence-corrected chi connectivity index (χ0v) is 34.3. The van der Waals surface area contributed by atoms with Crippen LogP contribution in [0.15, 0.2) is 241 Å². The van der Waals surface area contributed by atoms with E-state index in [1.54, 1.807) is 0 Å². The molecule has 0 aliphatic heterocycles. The molecule has 0 unspecified atom stereocenters. The molecule has 4 heteroatoms. The van der Waals surface area contributed by atoms with E-state index in [4.69, 9.17) is 19.4 Å². The van der Waals surface area contributed by atoms with Crippen LogP contribution in [-0.4, -0.2) is 15.0 Å². The van der Waals surface area contributed by atoms with Gasteiger partial charge in [0, 0.05) is 27.5 Å². The first-order valence-electron chi connectivity index (χ1n) is 21.4. The Balaban J connectivity index is 1.19. The van der Waals surface area contributed by atoms with Gasteiger partial charge in [0.1, 0.15) is 11.2 Å². The molecule has 0 N–H and O–H groups in total. The Hall–Kier alpha value is -8.21. The Kier molecular flexibility index (Phi) is 8.58. The highest BCUT2D eigenvalue weighted by Gasteiger charge is 2.61. The summed E-state index contributed by atoms with van der Waals surface area (Å²) in [5.41, 5.74) is 12.3. The fraction of sp³-hybridized carbons (Fsp3) is 0.0339. The van der Waals surface area contributed by atoms with Crippen LogP contribution in [0, 0.1) is 0 Å². The fourth-order valence-electron chi connectivity index (χ4n) is 10.5. The summed E-state index contributed by atoms with van der Waals surface area (Å²) in [6, 6.07) is 84.7. The molecule has 2 heterocycles. The van der Waals surface area contributed by atoms with Gasteiger partial charge in [-0.15, -0.1) is 0 Å². The molecule has 0 spiro atoms. The van der Waals surface area contributed by atoms with Crippen molar-refractivity contribution in [3.05, 3.63) is 270 Å². The predicted octanol–water partition coefficient (Wildman–Crippen LogP) is 14.1. The molecule has 0 atom stereocenters. The van der Waals surface area contributed by atoms with Crippen LogP contribution in [-0.2, 0) is 10.8 Å². The first kappa shape index (κ1) is 36.6. The van der Waals surface area contributed by atoms with Crippen molar-refractivity contribution in [2.75, 3.05) is 0 Å². The number of para-hydroxylation sites is 1. The van der Waals surface area contributed by atoms with Crippen LogP contribution < -0.4 is 0 Å². The monoisotopic (exact) mass is 805 g/mol. The Bertz CT molecular complexity index is 3360. The lowest BCUT2D eigenvalue weighted by Gasteiger charge is -2.57. The van der Waals surface area contributed by atoms with Crippen LogP contribution in [0.3, 0.4) is 0 Å². The van der Waals surface area contributed by atoms with Crippen LogP contribution >= 0.6 is 0 Å². The summed E-state index contributed by atoms with van der Waals surface area (Å²) in [4.78, 5) is 15.8. The largest absolute Gasteiger partial charge is 0.456 e. The second kappa shape index (κ2) is 14.8. The van der Waals surface area contributed by atoms with Gasteiger partial charge >= 0.3 is 0 Å². The van der Waals surface area contributed by atoms with Gasteiger partial charge in [-0.1, -0.05) is 212 Å². The molecule has 4 nitrogen and oxygen atoms in total. The Morgan fingerprint density at radius 2 is 0.698 bits per heavy atom. The topological polar surface area (TPSA) is 51.8 Å². The third-order valence-corrected chi connectivity index (χ3v) is 13.0. The summed E-state index contributed by atoms with van der Waals surface area (Å²) < 4.78 is 6.36. The van der Waals surface area contributed by atoms with Gasteiger partial charge in [0.2, 0.25) is 0 Å². The number of nitrogens with zero attached hydrogens (tertiary/aromatic N) is 3. The number of hydrogen-bond donors (Lipinski definition) is 0. The molecule has 2 aromatic heterocycles. The third kappa shape index (κ3) is 5.58. The maximum absolute atomic E-state index is 6.36. The van der Waals surface area contributed by atoms with Gasteiger partial charge in [-0.3, -0.25) is 0 Å². The second-order valence-corrected chi connectivity index (χ2v) is 16.3. The molecule has 0 saturated heterocycles. The van der Waals surface area contributed by atoms with Gasteiger partial charge in [0.05, 0.1) is 10.8 Å². The van der Waals surface area contributed by atoms with Crippen molar-refractivity contribution < 1.29 is 4.42 Å². The van der Waals surface area contributed by atoms with E-state index in [1.165, 1.54) is 33.4 Å². The number of aromatic nitrogens is 3. The van der Waals surface area contributed by atoms with E-state index in [0.29, 0.717) is 17.5 Å². The molecule has 11 aromatic rings. The van der Waals surface area contributed by atoms with E-state index in [9.17, 15) is 0 Å². The van der Waals surface area contributed by atoms with E-state index >= 15 is 0 Å². The van der Waals surface area contributed by atoms with Crippen molar-refractivity contribution in [3.8, 4) is 45.3 Å². The molecule has 1 aliphatic rings. The molecular formula is C59H39N3O. The van der Waals surface area contributed by atoms with Crippen molar-refractivity contribution in [2.24, 2.45) is 0 Å². The first-order valence-corrected chi connectivity index (χ1v) is 21.4. The molecular weight excluding hydrogens is 767 g/mol. The van der Waals surface area contributed by atoms with Gasteiger partial charge in [-0.25, -0.2) is 15.0 Å². The number of furan rings is 1. The van der Waals surface area contributed by atoms with Crippen LogP contribution in [0.2, 0.25) is 0 Å². The van der Waals surface area contributed by atoms with Gasteiger partial charge in [-0.2, -0.15) is 0 Å². The predicted molar refractivity (Wildman–Crippen MR) is 254 cm³/mol. The second-order valence-electron chi connectivity index (χ2n) is 16.3. The van der Waals surface area contributed by atoms with Crippen molar-refractivity contribution in [3.63, 3.8) is 0 Å². The maximum atomic E-state index is 6.36. The molecule has 0 radical (unpaired) electrons. The first-order chi connectivity index (χ1) is 31.2. The summed E-state index contributed by atoms with van der Waals surface area (Å²) in [5, 5.41) is 2.14. The molecule has 0 bridgehead atoms. The van der Waals surface area contributed by atoms with Crippen molar-refractivity contribution in [2.45, 2.75) is 10.8 Å². The lowest BCUT2D eigenvalue weighted by Crippen LogP contribution is -2.54. The smallest absolute Gasteiger partial charge is 0.164 e. The SMILES string of the molecule is c1ccc(-c2nc(-c3ccc4c(c3)C(c3ccccc3)(c3ccccc3)C(c3ccccc3)(c3ccccc3)c3ccccc3-4)nc(-c3ccc4c(c3)oc3ccccc34)n2)cc1. The average molecular weight is 806 g/mol. The van der Waals surface area contributed by atoms with Crippen molar-refractivity contribution >= 4 is 21.9 Å². The summed E-state index contributed by atoms with van der Waals surface area (Å²) in [7, 11) is 0. The minimum atomic E-state index is -0.803. The molecule has 9 aromatic carbocycles. The highest BCUT2D eigenvalue weighted by atomic mass is 16.3. The fourth-order valence-corrected chi connectivity index (χ4v) is 10.5. The van der Waals surface area contributed by atoms with Gasteiger partial charge in [0.15, 0.2) is 17.5 Å². The number of rotatable bonds is 7. The van der Waals surface area contributed by atoms with E-state index < -0.39 is 10.8 Å². The standard InChI is InChI=1S/C59H39N3O/c1-6-20-40(21-7-1)55-60-56(62-57(61-55)42-35-37-50-49-31-17-19-33-53(49)63-54(50)39-42)41-34-36-48-47-30-16-18-32-51(47)58(43-22-8-2-9-23-43,44-24-10-3-11-25-44)59(52(48)38-41,45-26-12-4-13-27-45)46-28-14-5-15-29-46/h1-39H. The zero-order valence-electron chi connectivity index (χ0n) is 34.3. The van der Waals surface area contributed by atoms with Crippen LogP contribution in [0.25, 0.3) is 67.2 Å². The van der Waals surface area contributed by atoms with E-state index in [-0.39, 0.29) is 0 Å². The number of hydrogen-bond acceptors (Lipinski definition) is 4. The third-order valence-electron chi connectivity index (χ3n) is 13.0. The van der Waals surface area contributed by atoms with E-state index in [0.717, 1.165) is 49.8 Å². The molecule has 0 saturated carbocycles. The summed E-state index contributed by atoms with van der Waals surface area (Å²) in [5.74, 6) is 1.76. The zero-order chi connectivity index (χ0) is 41.8. The average Bonchev–Trinajstić information content (AvgIpc) is 3.75. The Labute approximate surface area is 365 Å². The molecule has 1 aliphatic carbocycles. The molecule has 0 fully saturated rings. The van der Waals surface area contributed by atoms with Crippen LogP contribution in [0.1, 0.15) is 33.4 Å². The number of benzene rings is 9. The summed E-state index contributed by atoms with van der Waals surface area (Å²) in [6.45, 7) is 0. The normalized spacial score (nSPS) is 13.7. The Morgan fingerprint density at radius 1 is 0.286 bits per heavy atom. The lowest BCUT2D eigenvalue weighted by atomic mass is 9.43. The highest BCUT2D eigenvalue weighted by Crippen LogP contribution is 2.65. The lowest BCUT2D eigenvalue weighted by molar-refractivity contribution is 0.415. The minimum absolute atomic E-state index is 0.574. The maximum Gasteiger partial charge on any atom is 0.164 e. The van der Waals surface area contributed by atoms with Gasteiger partial charge < -0.3 is 4.42 Å². The summed E-state index contributed by atoms with van der Waals surface area (Å²) >= 11 is 0. The van der Waals surface area contributed by atoms with E-state index in [2.05, 4.69) is 200 Å². The minimum Gasteiger partial charge on any atom is -0.456 e. The van der Waals surface area contributed by atoms with Crippen molar-refractivity contribution in [1.82, 2.24) is 15.0 Å².